The number of para-hydroxylation sites is 1. The Morgan fingerprint density at radius 2 is 1.59 bits per heavy atom. The number of anilines is 1. The summed E-state index contributed by atoms with van der Waals surface area (Å²) in [7, 11) is 0. The Hall–Kier alpha value is -3.70. The first-order valence-corrected chi connectivity index (χ1v) is 13.1. The summed E-state index contributed by atoms with van der Waals surface area (Å²) in [6, 6.07) is 15.0. The standard InChI is InChI=1S/C29H27ClF6N4O/c30-23-5-3-4-18(12-23)19(8-10-37-11-9-20-17-38-26-7-2-1-6-25(20)26)16-39-27(41)40-24-14-21(28(31,32)33)13-22(15-24)29(34,35)36/h1-7,12-15,17,19,37-38H,8-11,16H2,(H2,39,40,41). The fourth-order valence-corrected chi connectivity index (χ4v) is 4.73. The summed E-state index contributed by atoms with van der Waals surface area (Å²) in [5, 5.41) is 9.69. The Kier molecular flexibility index (Phi) is 9.49. The Bertz CT molecular complexity index is 1450. The first-order valence-electron chi connectivity index (χ1n) is 12.8. The van der Waals surface area contributed by atoms with E-state index in [4.69, 9.17) is 11.6 Å². The van der Waals surface area contributed by atoms with E-state index in [2.05, 4.69) is 27.0 Å². The van der Waals surface area contributed by atoms with Gasteiger partial charge in [-0.25, -0.2) is 4.79 Å². The van der Waals surface area contributed by atoms with Crippen LogP contribution < -0.4 is 16.0 Å². The molecule has 41 heavy (non-hydrogen) atoms. The van der Waals surface area contributed by atoms with Crippen molar-refractivity contribution in [2.45, 2.75) is 31.1 Å². The fourth-order valence-electron chi connectivity index (χ4n) is 4.53. The zero-order valence-corrected chi connectivity index (χ0v) is 22.4. The minimum absolute atomic E-state index is 0.00376. The van der Waals surface area contributed by atoms with E-state index in [9.17, 15) is 31.1 Å². The van der Waals surface area contributed by atoms with Gasteiger partial charge in [-0.1, -0.05) is 41.9 Å². The number of benzene rings is 3. The monoisotopic (exact) mass is 596 g/mol. The quantitative estimate of drug-likeness (QED) is 0.111. The molecular weight excluding hydrogens is 570 g/mol. The van der Waals surface area contributed by atoms with E-state index in [1.165, 1.54) is 5.56 Å². The third kappa shape index (κ3) is 8.40. The molecule has 0 aliphatic rings. The highest BCUT2D eigenvalue weighted by atomic mass is 35.5. The van der Waals surface area contributed by atoms with Gasteiger partial charge in [0.15, 0.2) is 0 Å². The van der Waals surface area contributed by atoms with Gasteiger partial charge in [0.25, 0.3) is 0 Å². The highest BCUT2D eigenvalue weighted by Gasteiger charge is 2.37. The number of H-pyrrole nitrogens is 1. The Morgan fingerprint density at radius 1 is 0.878 bits per heavy atom. The topological polar surface area (TPSA) is 69.0 Å². The summed E-state index contributed by atoms with van der Waals surface area (Å²) in [6.45, 7) is 1.36. The number of amides is 2. The second-order valence-electron chi connectivity index (χ2n) is 9.53. The van der Waals surface area contributed by atoms with Crippen LogP contribution in [0.5, 0.6) is 0 Å². The summed E-state index contributed by atoms with van der Waals surface area (Å²) in [6.07, 6.45) is -6.69. The lowest BCUT2D eigenvalue weighted by atomic mass is 9.95. The molecule has 0 spiro atoms. The molecule has 4 aromatic rings. The Morgan fingerprint density at radius 3 is 2.27 bits per heavy atom. The van der Waals surface area contributed by atoms with Crippen LogP contribution in [0.2, 0.25) is 5.02 Å². The highest BCUT2D eigenvalue weighted by molar-refractivity contribution is 6.30. The molecule has 2 amide bonds. The van der Waals surface area contributed by atoms with E-state index in [0.29, 0.717) is 36.7 Å². The number of alkyl halides is 6. The molecule has 0 aliphatic carbocycles. The van der Waals surface area contributed by atoms with Gasteiger partial charge in [-0.2, -0.15) is 26.3 Å². The van der Waals surface area contributed by atoms with Crippen molar-refractivity contribution in [1.82, 2.24) is 15.6 Å². The van der Waals surface area contributed by atoms with Crippen molar-refractivity contribution >= 4 is 34.2 Å². The molecule has 1 aromatic heterocycles. The SMILES string of the molecule is O=C(NCC(CCNCCc1c[nH]c2ccccc12)c1cccc(Cl)c1)Nc1cc(C(F)(F)F)cc(C(F)(F)F)c1. The molecule has 5 nitrogen and oxygen atoms in total. The van der Waals surface area contributed by atoms with Crippen molar-refractivity contribution in [3.05, 3.63) is 100 Å². The van der Waals surface area contributed by atoms with Crippen molar-refractivity contribution in [1.29, 1.82) is 0 Å². The van der Waals surface area contributed by atoms with E-state index in [0.717, 1.165) is 22.9 Å². The maximum atomic E-state index is 13.2. The fraction of sp³-hybridized carbons (Fsp3) is 0.276. The molecule has 3 aromatic carbocycles. The number of hydrogen-bond acceptors (Lipinski definition) is 2. The van der Waals surface area contributed by atoms with Gasteiger partial charge in [0, 0.05) is 40.3 Å². The number of rotatable bonds is 10. The van der Waals surface area contributed by atoms with Gasteiger partial charge in [-0.15, -0.1) is 0 Å². The molecule has 0 bridgehead atoms. The number of fused-ring (bicyclic) bond motifs is 1. The van der Waals surface area contributed by atoms with Crippen LogP contribution in [0.4, 0.5) is 36.8 Å². The van der Waals surface area contributed by atoms with Gasteiger partial charge in [-0.05, 0) is 73.5 Å². The molecule has 0 saturated carbocycles. The lowest BCUT2D eigenvalue weighted by Crippen LogP contribution is -2.33. The molecule has 0 fully saturated rings. The number of aromatic nitrogens is 1. The van der Waals surface area contributed by atoms with Crippen LogP contribution in [0.15, 0.2) is 72.9 Å². The van der Waals surface area contributed by atoms with Crippen LogP contribution in [0, 0.1) is 0 Å². The molecule has 0 saturated heterocycles. The number of urea groups is 1. The minimum atomic E-state index is -5.02. The molecule has 0 aliphatic heterocycles. The predicted octanol–water partition coefficient (Wildman–Crippen LogP) is 7.99. The second-order valence-corrected chi connectivity index (χ2v) is 9.97. The smallest absolute Gasteiger partial charge is 0.361 e. The first kappa shape index (κ1) is 30.3. The maximum absolute atomic E-state index is 13.2. The Balaban J connectivity index is 1.36. The number of aromatic amines is 1. The summed E-state index contributed by atoms with van der Waals surface area (Å²) in [5.41, 5.74) is -0.581. The zero-order chi connectivity index (χ0) is 29.6. The van der Waals surface area contributed by atoms with Crippen molar-refractivity contribution in [2.75, 3.05) is 25.0 Å². The second kappa shape index (κ2) is 12.9. The minimum Gasteiger partial charge on any atom is -0.361 e. The summed E-state index contributed by atoms with van der Waals surface area (Å²) >= 11 is 6.15. The summed E-state index contributed by atoms with van der Waals surface area (Å²) in [5.74, 6) is -0.229. The summed E-state index contributed by atoms with van der Waals surface area (Å²) in [4.78, 5) is 15.8. The van der Waals surface area contributed by atoms with Crippen LogP contribution in [0.25, 0.3) is 10.9 Å². The third-order valence-electron chi connectivity index (χ3n) is 6.59. The average Bonchev–Trinajstić information content (AvgIpc) is 3.32. The Labute approximate surface area is 237 Å². The summed E-state index contributed by atoms with van der Waals surface area (Å²) < 4.78 is 78.9. The zero-order valence-electron chi connectivity index (χ0n) is 21.6. The largest absolute Gasteiger partial charge is 0.416 e. The highest BCUT2D eigenvalue weighted by Crippen LogP contribution is 2.37. The van der Waals surface area contributed by atoms with Gasteiger partial charge in [-0.3, -0.25) is 0 Å². The van der Waals surface area contributed by atoms with Crippen molar-refractivity contribution < 1.29 is 31.1 Å². The molecule has 12 heteroatoms. The van der Waals surface area contributed by atoms with Gasteiger partial charge in [0.05, 0.1) is 11.1 Å². The van der Waals surface area contributed by atoms with Crippen LogP contribution in [-0.4, -0.2) is 30.6 Å². The average molecular weight is 597 g/mol. The van der Waals surface area contributed by atoms with E-state index in [1.807, 2.05) is 30.5 Å². The molecule has 4 rings (SSSR count). The molecule has 218 valence electrons. The van der Waals surface area contributed by atoms with E-state index >= 15 is 0 Å². The van der Waals surface area contributed by atoms with Gasteiger partial charge in [0.1, 0.15) is 0 Å². The first-order chi connectivity index (χ1) is 19.4. The lowest BCUT2D eigenvalue weighted by molar-refractivity contribution is -0.143. The van der Waals surface area contributed by atoms with Crippen LogP contribution >= 0.6 is 11.6 Å². The number of nitrogens with one attached hydrogen (secondary N) is 4. The maximum Gasteiger partial charge on any atom is 0.416 e. The molecule has 4 N–H and O–H groups in total. The third-order valence-corrected chi connectivity index (χ3v) is 6.83. The van der Waals surface area contributed by atoms with Crippen LogP contribution in [-0.2, 0) is 18.8 Å². The van der Waals surface area contributed by atoms with E-state index in [1.54, 1.807) is 18.2 Å². The van der Waals surface area contributed by atoms with Gasteiger partial charge >= 0.3 is 18.4 Å². The van der Waals surface area contributed by atoms with E-state index < -0.39 is 35.2 Å². The number of carbonyl (C=O) groups excluding carboxylic acids is 1. The molecule has 1 atom stereocenters. The van der Waals surface area contributed by atoms with E-state index in [-0.39, 0.29) is 18.5 Å². The van der Waals surface area contributed by atoms with Crippen molar-refractivity contribution in [3.63, 3.8) is 0 Å². The predicted molar refractivity (Wildman–Crippen MR) is 147 cm³/mol. The van der Waals surface area contributed by atoms with Crippen LogP contribution in [0.3, 0.4) is 0 Å². The van der Waals surface area contributed by atoms with Gasteiger partial charge < -0.3 is 20.9 Å². The molecule has 1 unspecified atom stereocenters. The normalized spacial score (nSPS) is 12.9. The van der Waals surface area contributed by atoms with Gasteiger partial charge in [0.2, 0.25) is 0 Å². The number of hydrogen-bond donors (Lipinski definition) is 4. The van der Waals surface area contributed by atoms with Crippen LogP contribution in [0.1, 0.15) is 34.6 Å². The molecule has 0 radical (unpaired) electrons. The van der Waals surface area contributed by atoms with Crippen molar-refractivity contribution in [3.8, 4) is 0 Å². The molecular formula is C29H27ClF6N4O. The van der Waals surface area contributed by atoms with Crippen molar-refractivity contribution in [2.24, 2.45) is 0 Å². The number of halogens is 7. The molecule has 1 heterocycles. The lowest BCUT2D eigenvalue weighted by Gasteiger charge is -2.20. The number of carbonyl (C=O) groups is 1.